The van der Waals surface area contributed by atoms with Gasteiger partial charge in [0.1, 0.15) is 0 Å². The van der Waals surface area contributed by atoms with Gasteiger partial charge in [-0.3, -0.25) is 0 Å². The quantitative estimate of drug-likeness (QED) is 0.502. The third kappa shape index (κ3) is 24.9. The van der Waals surface area contributed by atoms with E-state index in [0.717, 1.165) is 13.1 Å². The maximum absolute atomic E-state index is 5.37. The van der Waals surface area contributed by atoms with E-state index >= 15 is 0 Å². The Kier molecular flexibility index (Phi) is 24.9. The van der Waals surface area contributed by atoms with E-state index in [-0.39, 0.29) is 0 Å². The van der Waals surface area contributed by atoms with Crippen LogP contribution in [0.1, 0.15) is 90.9 Å². The van der Waals surface area contributed by atoms with E-state index in [9.17, 15) is 0 Å². The van der Waals surface area contributed by atoms with E-state index < -0.39 is 0 Å². The molecule has 0 aromatic rings. The summed E-state index contributed by atoms with van der Waals surface area (Å²) in [6, 6.07) is 0. The van der Waals surface area contributed by atoms with Crippen molar-refractivity contribution in [2.75, 3.05) is 13.1 Å². The zero-order chi connectivity index (χ0) is 13.9. The van der Waals surface area contributed by atoms with Crippen molar-refractivity contribution in [2.24, 2.45) is 11.5 Å². The minimum Gasteiger partial charge on any atom is -0.330 e. The number of hydrogen-bond donors (Lipinski definition) is 2. The SMILES string of the molecule is CCCCCCCCCN.CCCCCCCN. The highest BCUT2D eigenvalue weighted by molar-refractivity contribution is 4.44. The second-order valence-corrected chi connectivity index (χ2v) is 5.11. The lowest BCUT2D eigenvalue weighted by Crippen LogP contribution is -1.97. The second-order valence-electron chi connectivity index (χ2n) is 5.11. The number of nitrogens with two attached hydrogens (primary N) is 2. The molecular weight excluding hydrogens is 220 g/mol. The van der Waals surface area contributed by atoms with E-state index in [4.69, 9.17) is 11.5 Å². The fourth-order valence-corrected chi connectivity index (χ4v) is 1.85. The molecule has 0 aromatic carbocycles. The molecule has 112 valence electrons. The maximum atomic E-state index is 5.37. The molecule has 0 saturated carbocycles. The molecule has 0 rings (SSSR count). The van der Waals surface area contributed by atoms with Crippen LogP contribution in [0.2, 0.25) is 0 Å². The van der Waals surface area contributed by atoms with Crippen LogP contribution in [-0.2, 0) is 0 Å². The molecule has 2 nitrogen and oxygen atoms in total. The van der Waals surface area contributed by atoms with Crippen molar-refractivity contribution in [1.82, 2.24) is 0 Å². The van der Waals surface area contributed by atoms with Gasteiger partial charge in [-0.2, -0.15) is 0 Å². The van der Waals surface area contributed by atoms with E-state index in [1.54, 1.807) is 0 Å². The van der Waals surface area contributed by atoms with Crippen LogP contribution in [0.3, 0.4) is 0 Å². The Morgan fingerprint density at radius 1 is 0.444 bits per heavy atom. The summed E-state index contributed by atoms with van der Waals surface area (Å²) in [5.41, 5.74) is 10.7. The first-order chi connectivity index (χ1) is 8.83. The molecule has 0 aliphatic rings. The molecule has 0 aliphatic carbocycles. The van der Waals surface area contributed by atoms with Crippen LogP contribution in [0.25, 0.3) is 0 Å². The molecule has 0 saturated heterocycles. The van der Waals surface area contributed by atoms with Gasteiger partial charge in [-0.25, -0.2) is 0 Å². The predicted octanol–water partition coefficient (Wildman–Crippen LogP) is 4.61. The first-order valence-electron chi connectivity index (χ1n) is 8.23. The molecule has 18 heavy (non-hydrogen) atoms. The van der Waals surface area contributed by atoms with Gasteiger partial charge in [0.15, 0.2) is 0 Å². The third-order valence-corrected chi connectivity index (χ3v) is 3.12. The average molecular weight is 258 g/mol. The lowest BCUT2D eigenvalue weighted by Gasteiger charge is -1.97. The summed E-state index contributed by atoms with van der Waals surface area (Å²) in [6.45, 7) is 6.21. The van der Waals surface area contributed by atoms with Crippen molar-refractivity contribution < 1.29 is 0 Å². The zero-order valence-corrected chi connectivity index (χ0v) is 13.1. The van der Waals surface area contributed by atoms with Gasteiger partial charge in [0.2, 0.25) is 0 Å². The monoisotopic (exact) mass is 258 g/mol. The van der Waals surface area contributed by atoms with E-state index in [1.807, 2.05) is 0 Å². The summed E-state index contributed by atoms with van der Waals surface area (Å²) in [7, 11) is 0. The Morgan fingerprint density at radius 3 is 1.00 bits per heavy atom. The molecule has 2 heteroatoms. The molecule has 0 fully saturated rings. The third-order valence-electron chi connectivity index (χ3n) is 3.12. The summed E-state index contributed by atoms with van der Waals surface area (Å²) in [5, 5.41) is 0. The van der Waals surface area contributed by atoms with E-state index in [1.165, 1.54) is 77.0 Å². The van der Waals surface area contributed by atoms with Gasteiger partial charge in [0.25, 0.3) is 0 Å². The van der Waals surface area contributed by atoms with Gasteiger partial charge >= 0.3 is 0 Å². The minimum atomic E-state index is 0.865. The summed E-state index contributed by atoms with van der Waals surface area (Å²) in [5.74, 6) is 0. The van der Waals surface area contributed by atoms with Gasteiger partial charge in [-0.15, -0.1) is 0 Å². The fourth-order valence-electron chi connectivity index (χ4n) is 1.85. The number of unbranched alkanes of at least 4 members (excludes halogenated alkanes) is 10. The molecule has 0 spiro atoms. The fraction of sp³-hybridized carbons (Fsp3) is 1.00. The van der Waals surface area contributed by atoms with Crippen LogP contribution in [0.4, 0.5) is 0 Å². The molecule has 0 amide bonds. The van der Waals surface area contributed by atoms with Crippen LogP contribution in [0, 0.1) is 0 Å². The number of hydrogen-bond acceptors (Lipinski definition) is 2. The lowest BCUT2D eigenvalue weighted by molar-refractivity contribution is 0.593. The van der Waals surface area contributed by atoms with Gasteiger partial charge in [0, 0.05) is 0 Å². The maximum Gasteiger partial charge on any atom is -0.00773 e. The second kappa shape index (κ2) is 22.1. The summed E-state index contributed by atoms with van der Waals surface area (Å²) >= 11 is 0. The van der Waals surface area contributed by atoms with Gasteiger partial charge in [0.05, 0.1) is 0 Å². The van der Waals surface area contributed by atoms with Crippen molar-refractivity contribution in [3.63, 3.8) is 0 Å². The van der Waals surface area contributed by atoms with Gasteiger partial charge in [-0.1, -0.05) is 78.1 Å². The van der Waals surface area contributed by atoms with E-state index in [0.29, 0.717) is 0 Å². The highest BCUT2D eigenvalue weighted by Gasteiger charge is 1.87. The van der Waals surface area contributed by atoms with Crippen LogP contribution in [0.5, 0.6) is 0 Å². The Morgan fingerprint density at radius 2 is 0.722 bits per heavy atom. The number of rotatable bonds is 12. The van der Waals surface area contributed by atoms with Crippen molar-refractivity contribution in [1.29, 1.82) is 0 Å². The van der Waals surface area contributed by atoms with Crippen molar-refractivity contribution >= 4 is 0 Å². The highest BCUT2D eigenvalue weighted by atomic mass is 14.5. The molecule has 0 atom stereocenters. The molecule has 0 heterocycles. The first kappa shape index (κ1) is 20.2. The van der Waals surface area contributed by atoms with Crippen molar-refractivity contribution in [3.05, 3.63) is 0 Å². The highest BCUT2D eigenvalue weighted by Crippen LogP contribution is 2.05. The van der Waals surface area contributed by atoms with Crippen LogP contribution in [-0.4, -0.2) is 13.1 Å². The normalized spacial score (nSPS) is 10.0. The average Bonchev–Trinajstić information content (AvgIpc) is 2.40. The summed E-state index contributed by atoms with van der Waals surface area (Å²) in [6.07, 6.45) is 16.1. The van der Waals surface area contributed by atoms with Crippen molar-refractivity contribution in [2.45, 2.75) is 90.9 Å². The molecule has 0 radical (unpaired) electrons. The van der Waals surface area contributed by atoms with Gasteiger partial charge in [-0.05, 0) is 25.9 Å². The van der Waals surface area contributed by atoms with Crippen LogP contribution >= 0.6 is 0 Å². The largest absolute Gasteiger partial charge is 0.330 e. The Labute approximate surface area is 116 Å². The standard InChI is InChI=1S/C9H21N.C7H17N/c1-2-3-4-5-6-7-8-9-10;1-2-3-4-5-6-7-8/h2-10H2,1H3;2-8H2,1H3. The Bertz CT molecular complexity index is 102. The zero-order valence-electron chi connectivity index (χ0n) is 13.1. The molecule has 4 N–H and O–H groups in total. The molecule has 0 aliphatic heterocycles. The Balaban J connectivity index is 0. The summed E-state index contributed by atoms with van der Waals surface area (Å²) < 4.78 is 0. The first-order valence-corrected chi connectivity index (χ1v) is 8.23. The topological polar surface area (TPSA) is 52.0 Å². The molecule has 0 unspecified atom stereocenters. The summed E-state index contributed by atoms with van der Waals surface area (Å²) in [4.78, 5) is 0. The smallest absolute Gasteiger partial charge is 0.00773 e. The predicted molar refractivity (Wildman–Crippen MR) is 84.9 cm³/mol. The molecule has 0 bridgehead atoms. The van der Waals surface area contributed by atoms with Crippen LogP contribution < -0.4 is 11.5 Å². The van der Waals surface area contributed by atoms with E-state index in [2.05, 4.69) is 13.8 Å². The lowest BCUT2D eigenvalue weighted by atomic mass is 10.1. The molecular formula is C16H38N2. The minimum absolute atomic E-state index is 0.865. The Hall–Kier alpha value is -0.0800. The van der Waals surface area contributed by atoms with Crippen molar-refractivity contribution in [3.8, 4) is 0 Å². The van der Waals surface area contributed by atoms with Crippen LogP contribution in [0.15, 0.2) is 0 Å². The van der Waals surface area contributed by atoms with Gasteiger partial charge < -0.3 is 11.5 Å². The molecule has 0 aromatic heterocycles.